The molecule has 0 aliphatic carbocycles. The molecule has 0 radical (unpaired) electrons. The molecule has 1 heterocycles. The van der Waals surface area contributed by atoms with E-state index in [2.05, 4.69) is 43.1 Å². The monoisotopic (exact) mass is 241 g/mol. The average Bonchev–Trinajstić information content (AvgIpc) is 2.62. The molecule has 0 unspecified atom stereocenters. The fourth-order valence-corrected chi connectivity index (χ4v) is 2.23. The Bertz CT molecular complexity index is 294. The summed E-state index contributed by atoms with van der Waals surface area (Å²) in [4.78, 5) is 7.97. The van der Waals surface area contributed by atoms with Crippen LogP contribution in [0, 0.1) is 5.92 Å². The average molecular weight is 241 g/mol. The van der Waals surface area contributed by atoms with Crippen molar-refractivity contribution in [2.45, 2.75) is 26.8 Å². The largest absolute Gasteiger partial charge is 0.312 e. The zero-order valence-corrected chi connectivity index (χ0v) is 11.6. The van der Waals surface area contributed by atoms with Crippen LogP contribution in [0.4, 0.5) is 0 Å². The maximum atomic E-state index is 4.44. The lowest BCUT2D eigenvalue weighted by Crippen LogP contribution is -2.18. The highest BCUT2D eigenvalue weighted by molar-refractivity contribution is 7.11. The minimum absolute atomic E-state index is 0.709. The van der Waals surface area contributed by atoms with E-state index in [1.54, 1.807) is 0 Å². The summed E-state index contributed by atoms with van der Waals surface area (Å²) in [6.45, 7) is 7.56. The Morgan fingerprint density at radius 2 is 2.19 bits per heavy atom. The number of nitrogens with one attached hydrogen (secondary N) is 1. The van der Waals surface area contributed by atoms with Gasteiger partial charge in [-0.25, -0.2) is 4.98 Å². The van der Waals surface area contributed by atoms with Gasteiger partial charge in [0.15, 0.2) is 0 Å². The Kier molecular flexibility index (Phi) is 5.95. The summed E-state index contributed by atoms with van der Waals surface area (Å²) in [5.74, 6) is 0.709. The molecule has 0 saturated carbocycles. The normalized spacial score (nSPS) is 11.6. The van der Waals surface area contributed by atoms with Gasteiger partial charge in [0.25, 0.3) is 0 Å². The highest BCUT2D eigenvalue weighted by atomic mass is 32.1. The molecule has 1 N–H and O–H groups in total. The number of hydrogen-bond acceptors (Lipinski definition) is 4. The Morgan fingerprint density at radius 1 is 1.44 bits per heavy atom. The molecule has 0 bridgehead atoms. The van der Waals surface area contributed by atoms with Gasteiger partial charge in [-0.2, -0.15) is 0 Å². The van der Waals surface area contributed by atoms with E-state index in [1.807, 2.05) is 17.5 Å². The molecule has 0 aromatic carbocycles. The number of hydrogen-bond donors (Lipinski definition) is 1. The van der Waals surface area contributed by atoms with Crippen molar-refractivity contribution in [2.24, 2.45) is 5.92 Å². The minimum atomic E-state index is 0.709. The molecule has 0 atom stereocenters. The molecule has 92 valence electrons. The van der Waals surface area contributed by atoms with E-state index in [0.29, 0.717) is 5.92 Å². The Balaban J connectivity index is 2.28. The van der Waals surface area contributed by atoms with Crippen LogP contribution in [-0.2, 0) is 13.0 Å². The quantitative estimate of drug-likeness (QED) is 0.791. The van der Waals surface area contributed by atoms with Crippen molar-refractivity contribution in [3.63, 3.8) is 0 Å². The van der Waals surface area contributed by atoms with Crippen LogP contribution in [-0.4, -0.2) is 37.1 Å². The molecule has 0 aliphatic heterocycles. The van der Waals surface area contributed by atoms with Crippen molar-refractivity contribution in [3.05, 3.63) is 16.1 Å². The summed E-state index contributed by atoms with van der Waals surface area (Å²) in [7, 11) is 4.19. The summed E-state index contributed by atoms with van der Waals surface area (Å²) >= 11 is 1.83. The van der Waals surface area contributed by atoms with Crippen LogP contribution in [0.3, 0.4) is 0 Å². The molecule has 0 spiro atoms. The SMILES string of the molecule is CC(C)CNCc1cnc(CCN(C)C)s1. The fraction of sp³-hybridized carbons (Fsp3) is 0.750. The van der Waals surface area contributed by atoms with Gasteiger partial charge in [-0.3, -0.25) is 0 Å². The summed E-state index contributed by atoms with van der Waals surface area (Å²) in [6, 6.07) is 0. The molecule has 16 heavy (non-hydrogen) atoms. The van der Waals surface area contributed by atoms with Crippen molar-refractivity contribution in [1.29, 1.82) is 0 Å². The van der Waals surface area contributed by atoms with Crippen LogP contribution >= 0.6 is 11.3 Å². The standard InChI is InChI=1S/C12H23N3S/c1-10(2)7-13-8-11-9-14-12(16-11)5-6-15(3)4/h9-10,13H,5-8H2,1-4H3. The lowest BCUT2D eigenvalue weighted by atomic mass is 10.2. The Morgan fingerprint density at radius 3 is 2.81 bits per heavy atom. The second-order valence-corrected chi connectivity index (χ2v) is 6.00. The van der Waals surface area contributed by atoms with Crippen LogP contribution in [0.2, 0.25) is 0 Å². The Labute approximate surface area is 103 Å². The van der Waals surface area contributed by atoms with Gasteiger partial charge in [-0.1, -0.05) is 13.8 Å². The molecule has 0 amide bonds. The third-order valence-electron chi connectivity index (χ3n) is 2.23. The first-order valence-corrected chi connectivity index (χ1v) is 6.68. The van der Waals surface area contributed by atoms with Gasteiger partial charge in [0.2, 0.25) is 0 Å². The van der Waals surface area contributed by atoms with Crippen molar-refractivity contribution in [1.82, 2.24) is 15.2 Å². The number of nitrogens with zero attached hydrogens (tertiary/aromatic N) is 2. The molecule has 1 aromatic heterocycles. The van der Waals surface area contributed by atoms with Crippen LogP contribution in [0.15, 0.2) is 6.20 Å². The smallest absolute Gasteiger partial charge is 0.0940 e. The van der Waals surface area contributed by atoms with E-state index in [4.69, 9.17) is 0 Å². The first kappa shape index (κ1) is 13.6. The molecule has 0 aliphatic rings. The zero-order valence-electron chi connectivity index (χ0n) is 10.8. The predicted octanol–water partition coefficient (Wildman–Crippen LogP) is 1.99. The van der Waals surface area contributed by atoms with Gasteiger partial charge in [-0.05, 0) is 26.6 Å². The number of aromatic nitrogens is 1. The highest BCUT2D eigenvalue weighted by Crippen LogP contribution is 2.13. The highest BCUT2D eigenvalue weighted by Gasteiger charge is 2.02. The maximum Gasteiger partial charge on any atom is 0.0940 e. The number of likely N-dealkylation sites (N-methyl/N-ethyl adjacent to an activating group) is 1. The first-order chi connectivity index (χ1) is 7.58. The van der Waals surface area contributed by atoms with Crippen LogP contribution in [0.1, 0.15) is 23.7 Å². The van der Waals surface area contributed by atoms with E-state index in [0.717, 1.165) is 26.1 Å². The molecule has 4 heteroatoms. The van der Waals surface area contributed by atoms with Gasteiger partial charge >= 0.3 is 0 Å². The minimum Gasteiger partial charge on any atom is -0.312 e. The summed E-state index contributed by atoms with van der Waals surface area (Å²) in [6.07, 6.45) is 3.06. The van der Waals surface area contributed by atoms with Crippen LogP contribution in [0.25, 0.3) is 0 Å². The maximum absolute atomic E-state index is 4.44. The summed E-state index contributed by atoms with van der Waals surface area (Å²) in [5, 5.41) is 4.68. The first-order valence-electron chi connectivity index (χ1n) is 5.87. The third-order valence-corrected chi connectivity index (χ3v) is 3.28. The van der Waals surface area contributed by atoms with Gasteiger partial charge in [0.05, 0.1) is 5.01 Å². The second kappa shape index (κ2) is 6.99. The zero-order chi connectivity index (χ0) is 12.0. The third kappa shape index (κ3) is 5.58. The molecule has 1 aromatic rings. The van der Waals surface area contributed by atoms with Crippen LogP contribution < -0.4 is 5.32 Å². The van der Waals surface area contributed by atoms with Gasteiger partial charge in [-0.15, -0.1) is 11.3 Å². The van der Waals surface area contributed by atoms with E-state index in [1.165, 1.54) is 9.88 Å². The van der Waals surface area contributed by atoms with Crippen molar-refractivity contribution >= 4 is 11.3 Å². The topological polar surface area (TPSA) is 28.2 Å². The molecule has 0 fully saturated rings. The van der Waals surface area contributed by atoms with Crippen molar-refractivity contribution in [3.8, 4) is 0 Å². The van der Waals surface area contributed by atoms with Crippen molar-refractivity contribution < 1.29 is 0 Å². The van der Waals surface area contributed by atoms with Crippen molar-refractivity contribution in [2.75, 3.05) is 27.2 Å². The Hall–Kier alpha value is -0.450. The lowest BCUT2D eigenvalue weighted by molar-refractivity contribution is 0.413. The number of rotatable bonds is 7. The summed E-state index contributed by atoms with van der Waals surface area (Å²) < 4.78 is 0. The van der Waals surface area contributed by atoms with Crippen LogP contribution in [0.5, 0.6) is 0 Å². The second-order valence-electron chi connectivity index (χ2n) is 4.80. The van der Waals surface area contributed by atoms with Gasteiger partial charge in [0, 0.05) is 30.6 Å². The number of thiazole rings is 1. The molecular formula is C12H23N3S. The molecule has 3 nitrogen and oxygen atoms in total. The molecule has 1 rings (SSSR count). The molecular weight excluding hydrogens is 218 g/mol. The van der Waals surface area contributed by atoms with E-state index in [9.17, 15) is 0 Å². The van der Waals surface area contributed by atoms with Gasteiger partial charge < -0.3 is 10.2 Å². The van der Waals surface area contributed by atoms with E-state index >= 15 is 0 Å². The van der Waals surface area contributed by atoms with E-state index in [-0.39, 0.29) is 0 Å². The summed E-state index contributed by atoms with van der Waals surface area (Å²) in [5.41, 5.74) is 0. The van der Waals surface area contributed by atoms with E-state index < -0.39 is 0 Å². The molecule has 0 saturated heterocycles. The fourth-order valence-electron chi connectivity index (χ4n) is 1.35. The predicted molar refractivity (Wildman–Crippen MR) is 70.9 cm³/mol. The lowest BCUT2D eigenvalue weighted by Gasteiger charge is -2.06. The van der Waals surface area contributed by atoms with Gasteiger partial charge in [0.1, 0.15) is 0 Å².